The molecule has 5 heteroatoms. The summed E-state index contributed by atoms with van der Waals surface area (Å²) in [6.45, 7) is 4.10. The molecule has 0 spiro atoms. The Morgan fingerprint density at radius 2 is 2.22 bits per heavy atom. The minimum absolute atomic E-state index is 0.101. The molecule has 0 aliphatic heterocycles. The fourth-order valence-electron chi connectivity index (χ4n) is 1.96. The number of thiazole rings is 1. The van der Waals surface area contributed by atoms with Crippen molar-refractivity contribution < 1.29 is 0 Å². The van der Waals surface area contributed by atoms with Crippen molar-refractivity contribution in [1.82, 2.24) is 10.4 Å². The van der Waals surface area contributed by atoms with E-state index in [2.05, 4.69) is 50.8 Å². The van der Waals surface area contributed by atoms with Crippen LogP contribution in [0.25, 0.3) is 0 Å². The molecule has 0 aliphatic carbocycles. The molecule has 0 saturated carbocycles. The van der Waals surface area contributed by atoms with Crippen molar-refractivity contribution in [3.05, 3.63) is 49.9 Å². The van der Waals surface area contributed by atoms with Crippen LogP contribution in [0.1, 0.15) is 27.9 Å². The van der Waals surface area contributed by atoms with Gasteiger partial charge >= 0.3 is 0 Å². The molecule has 0 aliphatic rings. The number of aryl methyl sites for hydroxylation is 2. The van der Waals surface area contributed by atoms with Gasteiger partial charge in [0.05, 0.1) is 11.0 Å². The molecule has 0 amide bonds. The van der Waals surface area contributed by atoms with E-state index in [9.17, 15) is 0 Å². The van der Waals surface area contributed by atoms with Crippen molar-refractivity contribution in [1.29, 1.82) is 0 Å². The number of aromatic nitrogens is 1. The molecule has 0 saturated heterocycles. The summed E-state index contributed by atoms with van der Waals surface area (Å²) < 4.78 is 1.09. The highest BCUT2D eigenvalue weighted by molar-refractivity contribution is 9.10. The number of hydrogen-bond donors (Lipinski definition) is 2. The maximum absolute atomic E-state index is 5.68. The molecule has 1 atom stereocenters. The van der Waals surface area contributed by atoms with E-state index < -0.39 is 0 Å². The van der Waals surface area contributed by atoms with Crippen LogP contribution in [0.4, 0.5) is 0 Å². The third-order valence-electron chi connectivity index (χ3n) is 2.85. The molecule has 1 unspecified atom stereocenters. The van der Waals surface area contributed by atoms with Crippen LogP contribution in [0, 0.1) is 13.8 Å². The van der Waals surface area contributed by atoms with Crippen molar-refractivity contribution in [3.8, 4) is 0 Å². The number of rotatable bonds is 4. The van der Waals surface area contributed by atoms with E-state index in [1.165, 1.54) is 11.1 Å². The lowest BCUT2D eigenvalue weighted by Crippen LogP contribution is -2.30. The van der Waals surface area contributed by atoms with Crippen molar-refractivity contribution in [2.75, 3.05) is 0 Å². The van der Waals surface area contributed by atoms with E-state index in [1.54, 1.807) is 11.3 Å². The number of hydrazine groups is 1. The summed E-state index contributed by atoms with van der Waals surface area (Å²) in [5, 5.41) is 3.18. The average Bonchev–Trinajstić information content (AvgIpc) is 2.72. The first-order valence-corrected chi connectivity index (χ1v) is 7.40. The number of nitrogens with one attached hydrogen (secondary N) is 1. The Hall–Kier alpha value is -0.750. The van der Waals surface area contributed by atoms with E-state index in [4.69, 9.17) is 5.84 Å². The van der Waals surface area contributed by atoms with E-state index in [-0.39, 0.29) is 6.04 Å². The molecular formula is C13H16BrN3S. The number of nitrogens with two attached hydrogens (primary N) is 1. The summed E-state index contributed by atoms with van der Waals surface area (Å²) in [6, 6.07) is 6.35. The number of nitrogens with zero attached hydrogens (tertiary/aromatic N) is 1. The van der Waals surface area contributed by atoms with Crippen LogP contribution in [0.5, 0.6) is 0 Å². The standard InChI is InChI=1S/C13H16BrN3S/c1-8-5-10(14)3-4-11(8)12(17-15)6-13-16-9(2)7-18-13/h3-5,7,12,17H,6,15H2,1-2H3. The summed E-state index contributed by atoms with van der Waals surface area (Å²) in [6.07, 6.45) is 0.817. The number of halogens is 1. The highest BCUT2D eigenvalue weighted by Crippen LogP contribution is 2.25. The molecule has 1 aromatic heterocycles. The Kier molecular flexibility index (Phi) is 4.50. The van der Waals surface area contributed by atoms with Gasteiger partial charge in [-0.3, -0.25) is 11.3 Å². The third-order valence-corrected chi connectivity index (χ3v) is 4.34. The summed E-state index contributed by atoms with van der Waals surface area (Å²) >= 11 is 5.16. The Balaban J connectivity index is 2.22. The highest BCUT2D eigenvalue weighted by atomic mass is 79.9. The largest absolute Gasteiger partial charge is 0.271 e. The van der Waals surface area contributed by atoms with Gasteiger partial charge in [-0.15, -0.1) is 11.3 Å². The highest BCUT2D eigenvalue weighted by Gasteiger charge is 2.14. The third kappa shape index (κ3) is 3.17. The zero-order valence-corrected chi connectivity index (χ0v) is 12.8. The van der Waals surface area contributed by atoms with Crippen molar-refractivity contribution in [3.63, 3.8) is 0 Å². The Morgan fingerprint density at radius 3 is 2.78 bits per heavy atom. The summed E-state index contributed by atoms with van der Waals surface area (Å²) in [5.41, 5.74) is 6.39. The minimum atomic E-state index is 0.101. The van der Waals surface area contributed by atoms with Crippen molar-refractivity contribution in [2.24, 2.45) is 5.84 Å². The van der Waals surface area contributed by atoms with E-state index in [1.807, 2.05) is 13.0 Å². The molecule has 1 heterocycles. The fourth-order valence-corrected chi connectivity index (χ4v) is 3.25. The molecule has 0 bridgehead atoms. The molecule has 3 N–H and O–H groups in total. The molecule has 3 nitrogen and oxygen atoms in total. The monoisotopic (exact) mass is 325 g/mol. The van der Waals surface area contributed by atoms with Gasteiger partial charge in [-0.2, -0.15) is 0 Å². The summed E-state index contributed by atoms with van der Waals surface area (Å²) in [7, 11) is 0. The lowest BCUT2D eigenvalue weighted by Gasteiger charge is -2.17. The van der Waals surface area contributed by atoms with Gasteiger partial charge in [-0.05, 0) is 37.1 Å². The van der Waals surface area contributed by atoms with Gasteiger partial charge in [0.15, 0.2) is 0 Å². The van der Waals surface area contributed by atoms with Gasteiger partial charge in [0.2, 0.25) is 0 Å². The number of hydrogen-bond acceptors (Lipinski definition) is 4. The second-order valence-electron chi connectivity index (χ2n) is 4.31. The zero-order chi connectivity index (χ0) is 13.1. The van der Waals surface area contributed by atoms with Crippen LogP contribution in [0.3, 0.4) is 0 Å². The lowest BCUT2D eigenvalue weighted by molar-refractivity contribution is 0.548. The van der Waals surface area contributed by atoms with Gasteiger partial charge in [0, 0.05) is 22.0 Å². The van der Waals surface area contributed by atoms with Crippen LogP contribution in [-0.2, 0) is 6.42 Å². The minimum Gasteiger partial charge on any atom is -0.271 e. The molecule has 1 aromatic carbocycles. The van der Waals surface area contributed by atoms with E-state index in [0.717, 1.165) is 21.6 Å². The summed E-state index contributed by atoms with van der Waals surface area (Å²) in [5.74, 6) is 5.68. The van der Waals surface area contributed by atoms with Gasteiger partial charge < -0.3 is 0 Å². The van der Waals surface area contributed by atoms with Gasteiger partial charge in [0.25, 0.3) is 0 Å². The molecule has 2 aromatic rings. The van der Waals surface area contributed by atoms with Crippen LogP contribution < -0.4 is 11.3 Å². The van der Waals surface area contributed by atoms with Gasteiger partial charge in [-0.1, -0.05) is 22.0 Å². The molecule has 0 fully saturated rings. The number of benzene rings is 1. The lowest BCUT2D eigenvalue weighted by atomic mass is 9.99. The Morgan fingerprint density at radius 1 is 1.44 bits per heavy atom. The van der Waals surface area contributed by atoms with Crippen molar-refractivity contribution in [2.45, 2.75) is 26.3 Å². The van der Waals surface area contributed by atoms with Crippen molar-refractivity contribution >= 4 is 27.3 Å². The smallest absolute Gasteiger partial charge is 0.0947 e. The Bertz CT molecular complexity index is 539. The first-order chi connectivity index (χ1) is 8.60. The maximum atomic E-state index is 5.68. The summed E-state index contributed by atoms with van der Waals surface area (Å²) in [4.78, 5) is 4.48. The van der Waals surface area contributed by atoms with Crippen LogP contribution >= 0.6 is 27.3 Å². The predicted octanol–water partition coefficient (Wildman–Crippen LogP) is 3.27. The van der Waals surface area contributed by atoms with Gasteiger partial charge in [-0.25, -0.2) is 4.98 Å². The molecule has 2 rings (SSSR count). The van der Waals surface area contributed by atoms with E-state index >= 15 is 0 Å². The topological polar surface area (TPSA) is 50.9 Å². The normalized spacial score (nSPS) is 12.7. The molecule has 18 heavy (non-hydrogen) atoms. The van der Waals surface area contributed by atoms with Crippen LogP contribution in [-0.4, -0.2) is 4.98 Å². The first kappa shape index (κ1) is 13.7. The second-order valence-corrected chi connectivity index (χ2v) is 6.17. The maximum Gasteiger partial charge on any atom is 0.0947 e. The van der Waals surface area contributed by atoms with Crippen LogP contribution in [0.15, 0.2) is 28.1 Å². The predicted molar refractivity (Wildman–Crippen MR) is 79.5 cm³/mol. The molecule has 0 radical (unpaired) electrons. The molecular weight excluding hydrogens is 310 g/mol. The fraction of sp³-hybridized carbons (Fsp3) is 0.308. The average molecular weight is 326 g/mol. The first-order valence-electron chi connectivity index (χ1n) is 5.73. The molecule has 96 valence electrons. The van der Waals surface area contributed by atoms with E-state index in [0.29, 0.717) is 0 Å². The van der Waals surface area contributed by atoms with Crippen LogP contribution in [0.2, 0.25) is 0 Å². The Labute approximate surface area is 120 Å². The second kappa shape index (κ2) is 5.93. The SMILES string of the molecule is Cc1csc(CC(NN)c2ccc(Br)cc2C)n1. The zero-order valence-electron chi connectivity index (χ0n) is 10.4. The van der Waals surface area contributed by atoms with Gasteiger partial charge in [0.1, 0.15) is 0 Å². The quantitative estimate of drug-likeness (QED) is 0.670.